The molecule has 0 bridgehead atoms. The van der Waals surface area contributed by atoms with E-state index in [-0.39, 0.29) is 12.6 Å². The van der Waals surface area contributed by atoms with Gasteiger partial charge in [0.25, 0.3) is 0 Å². The number of aromatic nitrogens is 1. The van der Waals surface area contributed by atoms with Crippen LogP contribution in [-0.2, 0) is 20.7 Å². The highest BCUT2D eigenvalue weighted by Crippen LogP contribution is 2.31. The van der Waals surface area contributed by atoms with Gasteiger partial charge in [-0.1, -0.05) is 6.08 Å². The molecule has 10 heteroatoms. The zero-order valence-electron chi connectivity index (χ0n) is 14.1. The second-order valence-electron chi connectivity index (χ2n) is 5.23. The van der Waals surface area contributed by atoms with Gasteiger partial charge in [-0.25, -0.2) is 23.8 Å². The minimum Gasteiger partial charge on any atom is -0.466 e. The van der Waals surface area contributed by atoms with E-state index >= 15 is 0 Å². The maximum atomic E-state index is 11.9. The Hall–Kier alpha value is -1.88. The smallest absolute Gasteiger partial charge is 0.337 e. The number of hydrogen-bond donors (Lipinski definition) is 2. The Labute approximate surface area is 153 Å². The van der Waals surface area contributed by atoms with E-state index in [1.807, 2.05) is 17.2 Å². The molecule has 1 fully saturated rings. The van der Waals surface area contributed by atoms with Crippen LogP contribution in [0.2, 0.25) is 0 Å². The third kappa shape index (κ3) is 4.60. The highest BCUT2D eigenvalue weighted by atomic mass is 32.2. The fraction of sp³-hybridized carbons (Fsp3) is 0.400. The molecule has 2 aliphatic rings. The number of hydrogen-bond acceptors (Lipinski definition) is 7. The van der Waals surface area contributed by atoms with Gasteiger partial charge in [0, 0.05) is 36.3 Å². The molecule has 2 unspecified atom stereocenters. The number of nitrogens with one attached hydrogen (secondary N) is 1. The van der Waals surface area contributed by atoms with Gasteiger partial charge in [-0.2, -0.15) is 0 Å². The first-order valence-corrected chi connectivity index (χ1v) is 9.62. The standard InChI is InChI=1S/C12H15N5O3S2.C3H6/c1-20-12(18)8-5-15-10(11-14-2-3-21-11)17-6-7(4-9(8)17)16-22(13)19;1-3-2/h2-3,7,16H,4-6,13H2,1H3;3H,1H2,2H3. The number of ether oxygens (including phenoxy) is 1. The Morgan fingerprint density at radius 1 is 1.64 bits per heavy atom. The summed E-state index contributed by atoms with van der Waals surface area (Å²) in [5, 5.41) is 7.97. The van der Waals surface area contributed by atoms with Crippen LogP contribution in [0.5, 0.6) is 0 Å². The number of nitrogens with two attached hydrogens (primary N) is 1. The molecule has 0 aromatic carbocycles. The highest BCUT2D eigenvalue weighted by molar-refractivity contribution is 7.80. The molecule has 0 saturated carbocycles. The molecule has 0 aliphatic carbocycles. The molecule has 1 saturated heterocycles. The number of amidine groups is 1. The first-order valence-electron chi connectivity index (χ1n) is 7.53. The summed E-state index contributed by atoms with van der Waals surface area (Å²) in [6.45, 7) is 6.03. The molecule has 1 aromatic rings. The maximum absolute atomic E-state index is 11.9. The molecule has 0 radical (unpaired) electrons. The third-order valence-electron chi connectivity index (χ3n) is 3.50. The Balaban J connectivity index is 0.000000701. The summed E-state index contributed by atoms with van der Waals surface area (Å²) < 4.78 is 18.8. The summed E-state index contributed by atoms with van der Waals surface area (Å²) in [6, 6.07) is -0.122. The second-order valence-corrected chi connectivity index (χ2v) is 6.95. The molecule has 3 heterocycles. The summed E-state index contributed by atoms with van der Waals surface area (Å²) in [7, 11) is 1.35. The zero-order valence-corrected chi connectivity index (χ0v) is 15.7. The van der Waals surface area contributed by atoms with Crippen LogP contribution >= 0.6 is 11.3 Å². The van der Waals surface area contributed by atoms with E-state index in [1.165, 1.54) is 18.4 Å². The molecule has 0 spiro atoms. The van der Waals surface area contributed by atoms with Gasteiger partial charge in [0.05, 0.1) is 19.2 Å². The van der Waals surface area contributed by atoms with Gasteiger partial charge in [0.15, 0.2) is 22.0 Å². The largest absolute Gasteiger partial charge is 0.466 e. The van der Waals surface area contributed by atoms with Crippen LogP contribution < -0.4 is 9.86 Å². The molecule has 1 aromatic heterocycles. The number of fused-ring (bicyclic) bond motifs is 1. The maximum Gasteiger partial charge on any atom is 0.337 e. The zero-order chi connectivity index (χ0) is 18.4. The molecule has 2 aliphatic heterocycles. The van der Waals surface area contributed by atoms with E-state index in [0.29, 0.717) is 18.5 Å². The predicted octanol–water partition coefficient (Wildman–Crippen LogP) is 0.724. The number of thiazole rings is 1. The van der Waals surface area contributed by atoms with Crippen LogP contribution in [0.15, 0.2) is 40.5 Å². The van der Waals surface area contributed by atoms with Gasteiger partial charge in [0.2, 0.25) is 0 Å². The molecule has 25 heavy (non-hydrogen) atoms. The van der Waals surface area contributed by atoms with Gasteiger partial charge in [-0.3, -0.25) is 4.99 Å². The number of nitrogens with zero attached hydrogens (tertiary/aromatic N) is 3. The molecule has 2 atom stereocenters. The average Bonchev–Trinajstić information content (AvgIpc) is 3.22. The number of methoxy groups -OCH3 is 1. The van der Waals surface area contributed by atoms with E-state index < -0.39 is 17.1 Å². The monoisotopic (exact) mass is 383 g/mol. The van der Waals surface area contributed by atoms with Gasteiger partial charge >= 0.3 is 5.97 Å². The Bertz CT molecular complexity index is 715. The average molecular weight is 383 g/mol. The molecule has 3 N–H and O–H groups in total. The minimum absolute atomic E-state index is 0.122. The van der Waals surface area contributed by atoms with Crippen molar-refractivity contribution in [1.82, 2.24) is 14.6 Å². The summed E-state index contributed by atoms with van der Waals surface area (Å²) in [5.41, 5.74) is 1.35. The van der Waals surface area contributed by atoms with Crippen molar-refractivity contribution in [2.24, 2.45) is 10.1 Å². The third-order valence-corrected chi connectivity index (χ3v) is 4.83. The molecule has 8 nitrogen and oxygen atoms in total. The van der Waals surface area contributed by atoms with E-state index in [0.717, 1.165) is 16.5 Å². The Morgan fingerprint density at radius 2 is 2.36 bits per heavy atom. The number of esters is 1. The van der Waals surface area contributed by atoms with Crippen molar-refractivity contribution in [2.45, 2.75) is 19.4 Å². The van der Waals surface area contributed by atoms with Gasteiger partial charge in [-0.05, 0) is 6.92 Å². The number of rotatable bonds is 4. The summed E-state index contributed by atoms with van der Waals surface area (Å²) in [4.78, 5) is 22.6. The summed E-state index contributed by atoms with van der Waals surface area (Å²) in [5.74, 6) is 0.334. The molecule has 0 amide bonds. The Morgan fingerprint density at radius 3 is 2.92 bits per heavy atom. The van der Waals surface area contributed by atoms with Crippen LogP contribution in [0, 0.1) is 0 Å². The fourth-order valence-electron chi connectivity index (χ4n) is 2.64. The first-order chi connectivity index (χ1) is 12.0. The molecule has 3 rings (SSSR count). The van der Waals surface area contributed by atoms with E-state index in [2.05, 4.69) is 21.3 Å². The van der Waals surface area contributed by atoms with Crippen LogP contribution in [0.25, 0.3) is 0 Å². The van der Waals surface area contributed by atoms with Crippen LogP contribution in [0.4, 0.5) is 0 Å². The lowest BCUT2D eigenvalue weighted by Gasteiger charge is -2.26. The van der Waals surface area contributed by atoms with Crippen molar-refractivity contribution >= 4 is 34.3 Å². The Kier molecular flexibility index (Phi) is 7.00. The lowest BCUT2D eigenvalue weighted by molar-refractivity contribution is -0.136. The molecular formula is C15H21N5O3S2. The summed E-state index contributed by atoms with van der Waals surface area (Å²) in [6.07, 6.45) is 4.00. The lowest BCUT2D eigenvalue weighted by atomic mass is 10.1. The second kappa shape index (κ2) is 8.99. The van der Waals surface area contributed by atoms with Gasteiger partial charge in [0.1, 0.15) is 0 Å². The molecular weight excluding hydrogens is 362 g/mol. The van der Waals surface area contributed by atoms with Crippen molar-refractivity contribution in [3.8, 4) is 0 Å². The number of aliphatic imine (C=N–C) groups is 1. The predicted molar refractivity (Wildman–Crippen MR) is 99.0 cm³/mol. The van der Waals surface area contributed by atoms with E-state index in [1.54, 1.807) is 12.3 Å². The summed E-state index contributed by atoms with van der Waals surface area (Å²) >= 11 is -0.127. The number of carbonyl (C=O) groups is 1. The highest BCUT2D eigenvalue weighted by Gasteiger charge is 2.37. The van der Waals surface area contributed by atoms with Crippen molar-refractivity contribution in [3.63, 3.8) is 0 Å². The quantitative estimate of drug-likeness (QED) is 0.588. The minimum atomic E-state index is -1.61. The molecule has 136 valence electrons. The van der Waals surface area contributed by atoms with Crippen molar-refractivity contribution in [2.75, 3.05) is 20.2 Å². The fourth-order valence-corrected chi connectivity index (χ4v) is 3.77. The normalized spacial score (nSPS) is 20.2. The van der Waals surface area contributed by atoms with E-state index in [9.17, 15) is 9.00 Å². The van der Waals surface area contributed by atoms with Crippen molar-refractivity contribution in [3.05, 3.63) is 40.5 Å². The van der Waals surface area contributed by atoms with Crippen LogP contribution in [0.3, 0.4) is 0 Å². The lowest BCUT2D eigenvalue weighted by Crippen LogP contribution is -2.39. The van der Waals surface area contributed by atoms with Gasteiger partial charge < -0.3 is 9.64 Å². The van der Waals surface area contributed by atoms with Crippen LogP contribution in [-0.4, -0.2) is 52.1 Å². The topological polar surface area (TPSA) is 110 Å². The van der Waals surface area contributed by atoms with Crippen LogP contribution in [0.1, 0.15) is 18.4 Å². The first kappa shape index (κ1) is 19.4. The number of allylic oxidation sites excluding steroid dienone is 1. The van der Waals surface area contributed by atoms with Crippen molar-refractivity contribution < 1.29 is 13.7 Å². The van der Waals surface area contributed by atoms with E-state index in [4.69, 9.17) is 9.88 Å². The van der Waals surface area contributed by atoms with Gasteiger partial charge in [-0.15, -0.1) is 17.9 Å². The SMILES string of the molecule is C=CC.COC(=O)C1=C2CC(NS(N)=O)CN2C(c2nccs2)=NC1. The van der Waals surface area contributed by atoms with Crippen molar-refractivity contribution in [1.29, 1.82) is 0 Å². The number of carbonyl (C=O) groups excluding carboxylic acids is 1.